The Labute approximate surface area is 155 Å². The molecule has 1 N–H and O–H groups in total. The van der Waals surface area contributed by atoms with Gasteiger partial charge >= 0.3 is 0 Å². The van der Waals surface area contributed by atoms with E-state index >= 15 is 0 Å². The highest BCUT2D eigenvalue weighted by Gasteiger charge is 2.20. The zero-order valence-electron chi connectivity index (χ0n) is 15.0. The smallest absolute Gasteiger partial charge is 0.272 e. The van der Waals surface area contributed by atoms with Crippen LogP contribution in [0.15, 0.2) is 47.7 Å². The molecule has 0 radical (unpaired) electrons. The van der Waals surface area contributed by atoms with Gasteiger partial charge in [-0.15, -0.1) is 11.8 Å². The van der Waals surface area contributed by atoms with Gasteiger partial charge in [-0.2, -0.15) is 5.10 Å². The number of carbonyl (C=O) groups is 1. The number of hydrogen-bond donors (Lipinski definition) is 1. The molecule has 7 nitrogen and oxygen atoms in total. The molecule has 0 unspecified atom stereocenters. The van der Waals surface area contributed by atoms with Crippen molar-refractivity contribution in [2.45, 2.75) is 32.1 Å². The highest BCUT2D eigenvalue weighted by atomic mass is 32.2. The van der Waals surface area contributed by atoms with Crippen molar-refractivity contribution in [2.75, 3.05) is 11.2 Å². The number of thioether (sulfide) groups is 1. The van der Waals surface area contributed by atoms with Crippen molar-refractivity contribution >= 4 is 28.7 Å². The van der Waals surface area contributed by atoms with Crippen molar-refractivity contribution in [1.29, 1.82) is 0 Å². The van der Waals surface area contributed by atoms with Gasteiger partial charge in [-0.05, 0) is 26.3 Å². The van der Waals surface area contributed by atoms with E-state index in [9.17, 15) is 9.59 Å². The molecule has 3 aromatic rings. The number of hydrogen-bond acceptors (Lipinski definition) is 5. The second-order valence-corrected chi connectivity index (χ2v) is 7.88. The summed E-state index contributed by atoms with van der Waals surface area (Å²) < 4.78 is 2.81. The summed E-state index contributed by atoms with van der Waals surface area (Å²) in [6.45, 7) is 5.95. The summed E-state index contributed by atoms with van der Waals surface area (Å²) in [5.41, 5.74) is 3.61. The van der Waals surface area contributed by atoms with Crippen LogP contribution >= 0.6 is 11.8 Å². The first kappa shape index (κ1) is 18.2. The van der Waals surface area contributed by atoms with Crippen LogP contribution < -0.4 is 11.0 Å². The summed E-state index contributed by atoms with van der Waals surface area (Å²) in [5, 5.41) is 4.63. The van der Waals surface area contributed by atoms with Crippen molar-refractivity contribution in [1.82, 2.24) is 19.4 Å². The van der Waals surface area contributed by atoms with E-state index in [1.54, 1.807) is 4.68 Å². The molecule has 0 atom stereocenters. The summed E-state index contributed by atoms with van der Waals surface area (Å²) in [6.07, 6.45) is 2.82. The maximum Gasteiger partial charge on any atom is 0.283 e. The monoisotopic (exact) mass is 371 g/mol. The predicted molar refractivity (Wildman–Crippen MR) is 104 cm³/mol. The molecule has 1 amide bonds. The number of nitrogens with one attached hydrogen (secondary N) is 1. The Hall–Kier alpha value is -2.61. The van der Waals surface area contributed by atoms with Crippen LogP contribution in [0.2, 0.25) is 0 Å². The predicted octanol–water partition coefficient (Wildman–Crippen LogP) is 2.35. The Bertz CT molecular complexity index is 973. The van der Waals surface area contributed by atoms with Crippen LogP contribution in [0.4, 0.5) is 0 Å². The Kier molecular flexibility index (Phi) is 5.13. The Morgan fingerprint density at radius 3 is 2.65 bits per heavy atom. The first-order valence-corrected chi connectivity index (χ1v) is 9.39. The molecule has 8 heteroatoms. The van der Waals surface area contributed by atoms with Gasteiger partial charge in [0.15, 0.2) is 5.65 Å². The van der Waals surface area contributed by atoms with Crippen LogP contribution in [0.1, 0.15) is 26.3 Å². The van der Waals surface area contributed by atoms with Gasteiger partial charge in [-0.1, -0.05) is 30.3 Å². The van der Waals surface area contributed by atoms with Crippen molar-refractivity contribution in [3.05, 3.63) is 58.8 Å². The molecule has 136 valence electrons. The molecule has 0 aliphatic heterocycles. The fraction of sp³-hybridized carbons (Fsp3) is 0.333. The maximum absolute atomic E-state index is 12.5. The van der Waals surface area contributed by atoms with E-state index < -0.39 is 0 Å². The normalized spacial score (nSPS) is 11.7. The van der Waals surface area contributed by atoms with Gasteiger partial charge in [0, 0.05) is 5.75 Å². The SMILES string of the molecule is CC(C)(C)n1ncc2c(=O)n(NC(=O)CSCc3ccccc3)cnc21. The number of carbonyl (C=O) groups excluding carboxylic acids is 1. The lowest BCUT2D eigenvalue weighted by atomic mass is 10.1. The highest BCUT2D eigenvalue weighted by molar-refractivity contribution is 7.99. The minimum Gasteiger partial charge on any atom is -0.272 e. The van der Waals surface area contributed by atoms with Crippen LogP contribution in [0, 0.1) is 0 Å². The van der Waals surface area contributed by atoms with Crippen LogP contribution in [-0.2, 0) is 16.1 Å². The third-order valence-electron chi connectivity index (χ3n) is 3.71. The molecule has 1 aromatic carbocycles. The first-order chi connectivity index (χ1) is 12.4. The number of benzene rings is 1. The van der Waals surface area contributed by atoms with E-state index in [1.165, 1.54) is 24.3 Å². The van der Waals surface area contributed by atoms with Crippen LogP contribution in [0.25, 0.3) is 11.0 Å². The number of aromatic nitrogens is 4. The molecule has 0 spiro atoms. The van der Waals surface area contributed by atoms with Crippen molar-refractivity contribution in [3.63, 3.8) is 0 Å². The number of rotatable bonds is 5. The summed E-state index contributed by atoms with van der Waals surface area (Å²) in [4.78, 5) is 29.0. The largest absolute Gasteiger partial charge is 0.283 e. The Balaban J connectivity index is 1.68. The second-order valence-electron chi connectivity index (χ2n) is 6.90. The molecule has 2 aromatic heterocycles. The third-order valence-corrected chi connectivity index (χ3v) is 4.72. The fourth-order valence-corrected chi connectivity index (χ4v) is 3.26. The summed E-state index contributed by atoms with van der Waals surface area (Å²) in [5.74, 6) is 0.733. The first-order valence-electron chi connectivity index (χ1n) is 8.23. The molecule has 2 heterocycles. The molecular formula is C18H21N5O2S. The minimum absolute atomic E-state index is 0.251. The van der Waals surface area contributed by atoms with Gasteiger partial charge < -0.3 is 0 Å². The molecule has 0 saturated carbocycles. The number of nitrogens with zero attached hydrogens (tertiary/aromatic N) is 4. The molecule has 26 heavy (non-hydrogen) atoms. The zero-order valence-corrected chi connectivity index (χ0v) is 15.8. The summed E-state index contributed by atoms with van der Waals surface area (Å²) in [6, 6.07) is 9.92. The molecule has 0 aliphatic carbocycles. The van der Waals surface area contributed by atoms with Crippen LogP contribution in [0.3, 0.4) is 0 Å². The zero-order chi connectivity index (χ0) is 18.7. The molecule has 0 fully saturated rings. The fourth-order valence-electron chi connectivity index (χ4n) is 2.48. The lowest BCUT2D eigenvalue weighted by Crippen LogP contribution is -2.34. The Morgan fingerprint density at radius 1 is 1.23 bits per heavy atom. The van der Waals surface area contributed by atoms with E-state index in [2.05, 4.69) is 15.5 Å². The summed E-state index contributed by atoms with van der Waals surface area (Å²) >= 11 is 1.49. The van der Waals surface area contributed by atoms with E-state index in [0.717, 1.165) is 16.0 Å². The van der Waals surface area contributed by atoms with Crippen molar-refractivity contribution in [2.24, 2.45) is 0 Å². The molecule has 0 saturated heterocycles. The van der Waals surface area contributed by atoms with Crippen molar-refractivity contribution in [3.8, 4) is 0 Å². The molecule has 3 rings (SSSR count). The molecule has 0 bridgehead atoms. The van der Waals surface area contributed by atoms with Gasteiger partial charge in [0.25, 0.3) is 5.56 Å². The van der Waals surface area contributed by atoms with E-state index in [4.69, 9.17) is 0 Å². The number of fused-ring (bicyclic) bond motifs is 1. The average Bonchev–Trinajstić information content (AvgIpc) is 3.03. The van der Waals surface area contributed by atoms with Crippen molar-refractivity contribution < 1.29 is 4.79 Å². The van der Waals surface area contributed by atoms with Crippen LogP contribution in [-0.4, -0.2) is 31.1 Å². The highest BCUT2D eigenvalue weighted by Crippen LogP contribution is 2.17. The minimum atomic E-state index is -0.341. The molecular weight excluding hydrogens is 350 g/mol. The quantitative estimate of drug-likeness (QED) is 0.744. The maximum atomic E-state index is 12.5. The van der Waals surface area contributed by atoms with Gasteiger partial charge in [0.05, 0.1) is 17.5 Å². The third kappa shape index (κ3) is 3.96. The van der Waals surface area contributed by atoms with Gasteiger partial charge in [0.1, 0.15) is 11.7 Å². The topological polar surface area (TPSA) is 81.8 Å². The van der Waals surface area contributed by atoms with E-state index in [0.29, 0.717) is 11.0 Å². The number of amides is 1. The second kappa shape index (κ2) is 7.33. The van der Waals surface area contributed by atoms with E-state index in [-0.39, 0.29) is 22.8 Å². The Morgan fingerprint density at radius 2 is 1.96 bits per heavy atom. The van der Waals surface area contributed by atoms with Gasteiger partial charge in [-0.3, -0.25) is 15.0 Å². The van der Waals surface area contributed by atoms with E-state index in [1.807, 2.05) is 51.1 Å². The summed E-state index contributed by atoms with van der Waals surface area (Å²) in [7, 11) is 0. The van der Waals surface area contributed by atoms with Gasteiger partial charge in [0.2, 0.25) is 5.91 Å². The van der Waals surface area contributed by atoms with Crippen LogP contribution in [0.5, 0.6) is 0 Å². The van der Waals surface area contributed by atoms with Gasteiger partial charge in [-0.25, -0.2) is 14.3 Å². The average molecular weight is 371 g/mol. The lowest BCUT2D eigenvalue weighted by molar-refractivity contribution is -0.114. The molecule has 0 aliphatic rings. The lowest BCUT2D eigenvalue weighted by Gasteiger charge is -2.19. The standard InChI is InChI=1S/C18H21N5O2S/c1-18(2,3)23-16-14(9-20-23)17(25)22(12-19-16)21-15(24)11-26-10-13-7-5-4-6-8-13/h4-9,12H,10-11H2,1-3H3,(H,21,24).